The molecule has 0 bridgehead atoms. The number of carbonyl (C=O) groups is 1. The van der Waals surface area contributed by atoms with Crippen LogP contribution in [0.25, 0.3) is 10.9 Å². The molecule has 1 amide bonds. The number of amides is 1. The largest absolute Gasteiger partial charge is 0.325 e. The summed E-state index contributed by atoms with van der Waals surface area (Å²) in [4.78, 5) is 16.4. The number of nitrogens with one attached hydrogen (secondary N) is 1. The third-order valence-corrected chi connectivity index (χ3v) is 3.73. The summed E-state index contributed by atoms with van der Waals surface area (Å²) < 4.78 is 0. The van der Waals surface area contributed by atoms with Gasteiger partial charge in [-0.1, -0.05) is 29.8 Å². The molecule has 0 aliphatic carbocycles. The number of carbonyl (C=O) groups excluding carboxylic acids is 1. The molecule has 1 heterocycles. The van der Waals surface area contributed by atoms with E-state index in [0.29, 0.717) is 17.9 Å². The van der Waals surface area contributed by atoms with E-state index in [1.54, 1.807) is 6.20 Å². The molecule has 0 spiro atoms. The highest BCUT2D eigenvalue weighted by Crippen LogP contribution is 2.21. The predicted molar refractivity (Wildman–Crippen MR) is 90.1 cm³/mol. The molecule has 1 N–H and O–H groups in total. The lowest BCUT2D eigenvalue weighted by molar-refractivity contribution is -0.116. The van der Waals surface area contributed by atoms with Crippen LogP contribution in [0.4, 0.5) is 5.69 Å². The van der Waals surface area contributed by atoms with E-state index in [2.05, 4.69) is 10.3 Å². The number of anilines is 1. The molecule has 3 rings (SSSR count). The van der Waals surface area contributed by atoms with Gasteiger partial charge in [-0.05, 0) is 48.4 Å². The third kappa shape index (κ3) is 3.43. The van der Waals surface area contributed by atoms with Crippen LogP contribution in [0.5, 0.6) is 0 Å². The van der Waals surface area contributed by atoms with Crippen LogP contribution < -0.4 is 5.32 Å². The second-order valence-electron chi connectivity index (χ2n) is 5.05. The van der Waals surface area contributed by atoms with E-state index >= 15 is 0 Å². The Labute approximate surface area is 133 Å². The average Bonchev–Trinajstić information content (AvgIpc) is 2.55. The van der Waals surface area contributed by atoms with Gasteiger partial charge >= 0.3 is 0 Å². The second kappa shape index (κ2) is 6.58. The van der Waals surface area contributed by atoms with Crippen molar-refractivity contribution in [3.8, 4) is 0 Å². The monoisotopic (exact) mass is 310 g/mol. The van der Waals surface area contributed by atoms with Gasteiger partial charge in [0.25, 0.3) is 0 Å². The smallest absolute Gasteiger partial charge is 0.224 e. The zero-order chi connectivity index (χ0) is 15.4. The highest BCUT2D eigenvalue weighted by molar-refractivity contribution is 6.30. The van der Waals surface area contributed by atoms with E-state index in [1.807, 2.05) is 54.6 Å². The number of aromatic nitrogens is 1. The lowest BCUT2D eigenvalue weighted by Crippen LogP contribution is -2.12. The Morgan fingerprint density at radius 1 is 1.05 bits per heavy atom. The summed E-state index contributed by atoms with van der Waals surface area (Å²) in [5.41, 5.74) is 2.77. The van der Waals surface area contributed by atoms with Gasteiger partial charge in [0.05, 0.1) is 11.2 Å². The Hall–Kier alpha value is -2.39. The van der Waals surface area contributed by atoms with Crippen molar-refractivity contribution in [3.05, 3.63) is 71.4 Å². The van der Waals surface area contributed by atoms with Crippen LogP contribution in [0, 0.1) is 0 Å². The fraction of sp³-hybridized carbons (Fsp3) is 0.111. The molecule has 0 radical (unpaired) electrons. The fourth-order valence-electron chi connectivity index (χ4n) is 2.33. The van der Waals surface area contributed by atoms with Crippen LogP contribution in [0.2, 0.25) is 5.02 Å². The van der Waals surface area contributed by atoms with E-state index in [0.717, 1.165) is 22.2 Å². The van der Waals surface area contributed by atoms with Crippen molar-refractivity contribution >= 4 is 34.1 Å². The van der Waals surface area contributed by atoms with Gasteiger partial charge in [0, 0.05) is 23.0 Å². The quantitative estimate of drug-likeness (QED) is 0.773. The van der Waals surface area contributed by atoms with E-state index in [1.165, 1.54) is 0 Å². The predicted octanol–water partition coefficient (Wildman–Crippen LogP) is 4.46. The van der Waals surface area contributed by atoms with E-state index < -0.39 is 0 Å². The van der Waals surface area contributed by atoms with E-state index in [4.69, 9.17) is 11.6 Å². The van der Waals surface area contributed by atoms with Gasteiger partial charge in [-0.15, -0.1) is 0 Å². The lowest BCUT2D eigenvalue weighted by Gasteiger charge is -2.08. The van der Waals surface area contributed by atoms with Crippen LogP contribution in [-0.2, 0) is 11.2 Å². The Kier molecular flexibility index (Phi) is 4.35. The summed E-state index contributed by atoms with van der Waals surface area (Å²) in [6.45, 7) is 0. The standard InChI is InChI=1S/C18H15ClN2O/c19-14-9-6-13(7-10-14)8-11-18(22)21-17-5-1-4-16-15(17)3-2-12-20-16/h1-7,9-10,12H,8,11H2,(H,21,22). The number of pyridine rings is 1. The summed E-state index contributed by atoms with van der Waals surface area (Å²) in [6.07, 6.45) is 2.86. The van der Waals surface area contributed by atoms with Crippen LogP contribution >= 0.6 is 11.6 Å². The van der Waals surface area contributed by atoms with Crippen LogP contribution in [-0.4, -0.2) is 10.9 Å². The third-order valence-electron chi connectivity index (χ3n) is 3.47. The molecule has 110 valence electrons. The maximum atomic E-state index is 12.1. The minimum absolute atomic E-state index is 0.00805. The van der Waals surface area contributed by atoms with E-state index in [-0.39, 0.29) is 5.91 Å². The number of halogens is 1. The van der Waals surface area contributed by atoms with Gasteiger partial charge in [0.2, 0.25) is 5.91 Å². The topological polar surface area (TPSA) is 42.0 Å². The molecule has 0 saturated carbocycles. The number of aryl methyl sites for hydroxylation is 1. The molecule has 3 nitrogen and oxygen atoms in total. The molecule has 0 aliphatic heterocycles. The fourth-order valence-corrected chi connectivity index (χ4v) is 2.46. The van der Waals surface area contributed by atoms with E-state index in [9.17, 15) is 4.79 Å². The minimum atomic E-state index is -0.00805. The molecule has 0 saturated heterocycles. The van der Waals surface area contributed by atoms with Gasteiger partial charge < -0.3 is 5.32 Å². The average molecular weight is 311 g/mol. The highest BCUT2D eigenvalue weighted by atomic mass is 35.5. The number of rotatable bonds is 4. The van der Waals surface area contributed by atoms with Crippen LogP contribution in [0.3, 0.4) is 0 Å². The van der Waals surface area contributed by atoms with Crippen molar-refractivity contribution < 1.29 is 4.79 Å². The molecule has 1 aromatic heterocycles. The summed E-state index contributed by atoms with van der Waals surface area (Å²) in [5, 5.41) is 4.62. The van der Waals surface area contributed by atoms with Gasteiger partial charge in [-0.2, -0.15) is 0 Å². The second-order valence-corrected chi connectivity index (χ2v) is 5.49. The normalized spacial score (nSPS) is 10.6. The number of hydrogen-bond donors (Lipinski definition) is 1. The van der Waals surface area contributed by atoms with Gasteiger partial charge in [0.1, 0.15) is 0 Å². The zero-order valence-electron chi connectivity index (χ0n) is 11.9. The molecular formula is C18H15ClN2O. The van der Waals surface area contributed by atoms with Crippen molar-refractivity contribution in [2.75, 3.05) is 5.32 Å². The maximum Gasteiger partial charge on any atom is 0.224 e. The Balaban J connectivity index is 1.67. The maximum absolute atomic E-state index is 12.1. The van der Waals surface area contributed by atoms with Crippen molar-refractivity contribution in [2.45, 2.75) is 12.8 Å². The summed E-state index contributed by atoms with van der Waals surface area (Å²) in [6, 6.07) is 17.1. The molecule has 0 atom stereocenters. The molecule has 0 aliphatic rings. The van der Waals surface area contributed by atoms with Crippen molar-refractivity contribution in [1.82, 2.24) is 4.98 Å². The molecule has 0 unspecified atom stereocenters. The highest BCUT2D eigenvalue weighted by Gasteiger charge is 2.06. The molecule has 4 heteroatoms. The number of nitrogens with zero attached hydrogens (tertiary/aromatic N) is 1. The number of hydrogen-bond acceptors (Lipinski definition) is 2. The van der Waals surface area contributed by atoms with Crippen molar-refractivity contribution in [2.24, 2.45) is 0 Å². The molecular weight excluding hydrogens is 296 g/mol. The molecule has 22 heavy (non-hydrogen) atoms. The Morgan fingerprint density at radius 3 is 2.68 bits per heavy atom. The number of benzene rings is 2. The zero-order valence-corrected chi connectivity index (χ0v) is 12.7. The minimum Gasteiger partial charge on any atom is -0.325 e. The first kappa shape index (κ1) is 14.5. The van der Waals surface area contributed by atoms with Crippen LogP contribution in [0.1, 0.15) is 12.0 Å². The summed E-state index contributed by atoms with van der Waals surface area (Å²) in [7, 11) is 0. The molecule has 2 aromatic carbocycles. The van der Waals surface area contributed by atoms with Crippen molar-refractivity contribution in [1.29, 1.82) is 0 Å². The van der Waals surface area contributed by atoms with Gasteiger partial charge in [-0.3, -0.25) is 9.78 Å². The molecule has 3 aromatic rings. The lowest BCUT2D eigenvalue weighted by atomic mass is 10.1. The first-order chi connectivity index (χ1) is 10.7. The summed E-state index contributed by atoms with van der Waals surface area (Å²) in [5.74, 6) is -0.00805. The van der Waals surface area contributed by atoms with Gasteiger partial charge in [-0.25, -0.2) is 0 Å². The SMILES string of the molecule is O=C(CCc1ccc(Cl)cc1)Nc1cccc2ncccc12. The Bertz CT molecular complexity index is 794. The molecule has 0 fully saturated rings. The first-order valence-electron chi connectivity index (χ1n) is 7.10. The Morgan fingerprint density at radius 2 is 1.86 bits per heavy atom. The van der Waals surface area contributed by atoms with Crippen LogP contribution in [0.15, 0.2) is 60.8 Å². The summed E-state index contributed by atoms with van der Waals surface area (Å²) >= 11 is 5.85. The number of fused-ring (bicyclic) bond motifs is 1. The first-order valence-corrected chi connectivity index (χ1v) is 7.48. The van der Waals surface area contributed by atoms with Crippen molar-refractivity contribution in [3.63, 3.8) is 0 Å². The van der Waals surface area contributed by atoms with Gasteiger partial charge in [0.15, 0.2) is 0 Å².